The fourth-order valence-electron chi connectivity index (χ4n) is 2.31. The molecule has 0 bridgehead atoms. The van der Waals surface area contributed by atoms with E-state index in [-0.39, 0.29) is 19.6 Å². The van der Waals surface area contributed by atoms with Gasteiger partial charge in [0.15, 0.2) is 6.61 Å². The molecule has 0 saturated heterocycles. The molecule has 0 fully saturated rings. The number of benzene rings is 2. The molecule has 7 heteroatoms. The van der Waals surface area contributed by atoms with Gasteiger partial charge in [0.2, 0.25) is 0 Å². The van der Waals surface area contributed by atoms with E-state index >= 15 is 0 Å². The number of para-hydroxylation sites is 2. The van der Waals surface area contributed by atoms with Crippen molar-refractivity contribution in [1.29, 1.82) is 0 Å². The van der Waals surface area contributed by atoms with E-state index in [9.17, 15) is 9.59 Å². The SMILES string of the molecule is CCOc1ccc(OCCC(=O)OCC(=O)Nc2ccccc2OCC)cc1. The first-order valence-corrected chi connectivity index (χ1v) is 9.15. The Balaban J connectivity index is 1.68. The molecule has 7 nitrogen and oxygen atoms in total. The topological polar surface area (TPSA) is 83.1 Å². The van der Waals surface area contributed by atoms with Crippen molar-refractivity contribution in [3.05, 3.63) is 48.5 Å². The lowest BCUT2D eigenvalue weighted by molar-refractivity contribution is -0.147. The van der Waals surface area contributed by atoms with Gasteiger partial charge in [-0.1, -0.05) is 12.1 Å². The number of amides is 1. The van der Waals surface area contributed by atoms with Gasteiger partial charge in [-0.2, -0.15) is 0 Å². The molecule has 2 rings (SSSR count). The summed E-state index contributed by atoms with van der Waals surface area (Å²) in [5.41, 5.74) is 0.532. The molecule has 1 N–H and O–H groups in total. The first-order chi connectivity index (χ1) is 13.6. The summed E-state index contributed by atoms with van der Waals surface area (Å²) in [5.74, 6) is 0.994. The van der Waals surface area contributed by atoms with Crippen LogP contribution in [0.2, 0.25) is 0 Å². The molecule has 2 aromatic rings. The Morgan fingerprint density at radius 2 is 1.50 bits per heavy atom. The van der Waals surface area contributed by atoms with Crippen molar-refractivity contribution in [3.63, 3.8) is 0 Å². The minimum atomic E-state index is -0.515. The Morgan fingerprint density at radius 1 is 0.857 bits per heavy atom. The third-order valence-electron chi connectivity index (χ3n) is 3.53. The molecular weight excluding hydrogens is 362 g/mol. The summed E-state index contributed by atoms with van der Waals surface area (Å²) in [6.07, 6.45) is 0.0377. The monoisotopic (exact) mass is 387 g/mol. The van der Waals surface area contributed by atoms with Crippen LogP contribution in [0.5, 0.6) is 17.2 Å². The van der Waals surface area contributed by atoms with Crippen LogP contribution in [-0.4, -0.2) is 38.3 Å². The average Bonchev–Trinajstić information content (AvgIpc) is 2.70. The van der Waals surface area contributed by atoms with E-state index in [2.05, 4.69) is 5.32 Å². The maximum atomic E-state index is 12.0. The molecule has 0 aliphatic rings. The molecule has 150 valence electrons. The van der Waals surface area contributed by atoms with Crippen LogP contribution < -0.4 is 19.5 Å². The lowest BCUT2D eigenvalue weighted by atomic mass is 10.3. The van der Waals surface area contributed by atoms with E-state index < -0.39 is 11.9 Å². The van der Waals surface area contributed by atoms with E-state index in [1.807, 2.05) is 19.9 Å². The molecule has 0 aromatic heterocycles. The first-order valence-electron chi connectivity index (χ1n) is 9.15. The van der Waals surface area contributed by atoms with Crippen molar-refractivity contribution in [2.75, 3.05) is 31.7 Å². The quantitative estimate of drug-likeness (QED) is 0.595. The van der Waals surface area contributed by atoms with Gasteiger partial charge < -0.3 is 24.3 Å². The third-order valence-corrected chi connectivity index (χ3v) is 3.53. The van der Waals surface area contributed by atoms with Crippen LogP contribution in [0.15, 0.2) is 48.5 Å². The lowest BCUT2D eigenvalue weighted by Crippen LogP contribution is -2.22. The predicted octanol–water partition coefficient (Wildman–Crippen LogP) is 3.43. The van der Waals surface area contributed by atoms with Gasteiger partial charge >= 0.3 is 5.97 Å². The Labute approximate surface area is 164 Å². The molecule has 0 aliphatic heterocycles. The van der Waals surface area contributed by atoms with Crippen molar-refractivity contribution < 1.29 is 28.5 Å². The highest BCUT2D eigenvalue weighted by Crippen LogP contribution is 2.23. The summed E-state index contributed by atoms with van der Waals surface area (Å²) in [6, 6.07) is 14.2. The number of nitrogens with one attached hydrogen (secondary N) is 1. The Hall–Kier alpha value is -3.22. The summed E-state index contributed by atoms with van der Waals surface area (Å²) in [6.45, 7) is 4.63. The first kappa shape index (κ1) is 21.1. The van der Waals surface area contributed by atoms with Crippen molar-refractivity contribution in [2.24, 2.45) is 0 Å². The number of esters is 1. The van der Waals surface area contributed by atoms with Crippen molar-refractivity contribution in [2.45, 2.75) is 20.3 Å². The van der Waals surface area contributed by atoms with Gasteiger partial charge in [-0.3, -0.25) is 9.59 Å². The standard InChI is InChI=1S/C21H25NO6/c1-3-25-16-9-11-17(12-10-16)27-14-13-21(24)28-15-20(23)22-18-7-5-6-8-19(18)26-4-2/h5-12H,3-4,13-15H2,1-2H3,(H,22,23). The molecule has 0 atom stereocenters. The summed E-state index contributed by atoms with van der Waals surface area (Å²) >= 11 is 0. The second-order valence-corrected chi connectivity index (χ2v) is 5.64. The maximum Gasteiger partial charge on any atom is 0.309 e. The fraction of sp³-hybridized carbons (Fsp3) is 0.333. The molecule has 0 aliphatic carbocycles. The summed E-state index contributed by atoms with van der Waals surface area (Å²) < 4.78 is 21.2. The Kier molecular flexibility index (Phi) is 8.65. The van der Waals surface area contributed by atoms with Crippen LogP contribution in [0.4, 0.5) is 5.69 Å². The molecule has 0 unspecified atom stereocenters. The summed E-state index contributed by atoms with van der Waals surface area (Å²) in [5, 5.41) is 2.66. The lowest BCUT2D eigenvalue weighted by Gasteiger charge is -2.11. The van der Waals surface area contributed by atoms with Crippen LogP contribution >= 0.6 is 0 Å². The molecule has 0 saturated carbocycles. The van der Waals surface area contributed by atoms with Gasteiger partial charge in [0, 0.05) is 0 Å². The zero-order valence-electron chi connectivity index (χ0n) is 16.1. The number of hydrogen-bond acceptors (Lipinski definition) is 6. The number of anilines is 1. The summed E-state index contributed by atoms with van der Waals surface area (Å²) in [4.78, 5) is 23.7. The van der Waals surface area contributed by atoms with Gasteiger partial charge in [-0.15, -0.1) is 0 Å². The highest BCUT2D eigenvalue weighted by Gasteiger charge is 2.11. The van der Waals surface area contributed by atoms with Crippen LogP contribution in [0.3, 0.4) is 0 Å². The van der Waals surface area contributed by atoms with E-state index in [4.69, 9.17) is 18.9 Å². The maximum absolute atomic E-state index is 12.0. The second-order valence-electron chi connectivity index (χ2n) is 5.64. The highest BCUT2D eigenvalue weighted by molar-refractivity contribution is 5.94. The molecular formula is C21H25NO6. The zero-order chi connectivity index (χ0) is 20.2. The predicted molar refractivity (Wildman–Crippen MR) is 105 cm³/mol. The molecule has 0 heterocycles. The number of hydrogen-bond donors (Lipinski definition) is 1. The van der Waals surface area contributed by atoms with Crippen LogP contribution in [-0.2, 0) is 14.3 Å². The van der Waals surface area contributed by atoms with Crippen molar-refractivity contribution in [1.82, 2.24) is 0 Å². The Morgan fingerprint density at radius 3 is 2.18 bits per heavy atom. The van der Waals surface area contributed by atoms with Crippen LogP contribution in [0, 0.1) is 0 Å². The van der Waals surface area contributed by atoms with Crippen LogP contribution in [0.1, 0.15) is 20.3 Å². The minimum absolute atomic E-state index is 0.0377. The minimum Gasteiger partial charge on any atom is -0.494 e. The normalized spacial score (nSPS) is 10.1. The van der Waals surface area contributed by atoms with Gasteiger partial charge in [-0.25, -0.2) is 0 Å². The number of carbonyl (C=O) groups excluding carboxylic acids is 2. The molecule has 0 spiro atoms. The highest BCUT2D eigenvalue weighted by atomic mass is 16.5. The van der Waals surface area contributed by atoms with Gasteiger partial charge in [-0.05, 0) is 50.2 Å². The number of carbonyl (C=O) groups is 2. The molecule has 2 aromatic carbocycles. The third kappa shape index (κ3) is 7.19. The summed E-state index contributed by atoms with van der Waals surface area (Å²) in [7, 11) is 0. The number of ether oxygens (including phenoxy) is 4. The molecule has 0 radical (unpaired) electrons. The fourth-order valence-corrected chi connectivity index (χ4v) is 2.31. The largest absolute Gasteiger partial charge is 0.494 e. The van der Waals surface area contributed by atoms with E-state index in [0.29, 0.717) is 30.4 Å². The van der Waals surface area contributed by atoms with Gasteiger partial charge in [0.1, 0.15) is 17.2 Å². The van der Waals surface area contributed by atoms with E-state index in [0.717, 1.165) is 5.75 Å². The van der Waals surface area contributed by atoms with Gasteiger partial charge in [0.05, 0.1) is 31.9 Å². The second kappa shape index (κ2) is 11.5. The molecule has 28 heavy (non-hydrogen) atoms. The van der Waals surface area contributed by atoms with Crippen molar-refractivity contribution in [3.8, 4) is 17.2 Å². The Bertz CT molecular complexity index is 760. The average molecular weight is 387 g/mol. The van der Waals surface area contributed by atoms with Crippen LogP contribution in [0.25, 0.3) is 0 Å². The number of rotatable bonds is 11. The van der Waals surface area contributed by atoms with Crippen molar-refractivity contribution >= 4 is 17.6 Å². The van der Waals surface area contributed by atoms with E-state index in [1.165, 1.54) is 0 Å². The zero-order valence-corrected chi connectivity index (χ0v) is 16.1. The smallest absolute Gasteiger partial charge is 0.309 e. The van der Waals surface area contributed by atoms with E-state index in [1.54, 1.807) is 42.5 Å². The molecule has 1 amide bonds. The van der Waals surface area contributed by atoms with Gasteiger partial charge in [0.25, 0.3) is 5.91 Å².